The van der Waals surface area contributed by atoms with E-state index >= 15 is 0 Å². The van der Waals surface area contributed by atoms with E-state index in [1.54, 1.807) is 11.3 Å². The van der Waals surface area contributed by atoms with Gasteiger partial charge in [0, 0.05) is 11.4 Å². The van der Waals surface area contributed by atoms with Crippen molar-refractivity contribution in [2.24, 2.45) is 5.92 Å². The van der Waals surface area contributed by atoms with Crippen molar-refractivity contribution < 1.29 is 4.79 Å². The van der Waals surface area contributed by atoms with Crippen molar-refractivity contribution in [3.8, 4) is 0 Å². The Morgan fingerprint density at radius 3 is 3.00 bits per heavy atom. The van der Waals surface area contributed by atoms with E-state index in [4.69, 9.17) is 0 Å². The highest BCUT2D eigenvalue weighted by atomic mass is 32.1. The average molecular weight is 266 g/mol. The number of carbonyl (C=O) groups excluding carboxylic acids is 1. The predicted octanol–water partition coefficient (Wildman–Crippen LogP) is 2.48. The number of hydrogen-bond acceptors (Lipinski definition) is 3. The fraction of sp³-hybridized carbons (Fsp3) is 0.643. The largest absolute Gasteiger partial charge is 0.351 e. The third-order valence-electron chi connectivity index (χ3n) is 3.63. The second kappa shape index (κ2) is 6.34. The number of amides is 1. The Morgan fingerprint density at radius 1 is 1.56 bits per heavy atom. The van der Waals surface area contributed by atoms with E-state index in [1.165, 1.54) is 23.3 Å². The summed E-state index contributed by atoms with van der Waals surface area (Å²) in [7, 11) is 0. The highest BCUT2D eigenvalue weighted by Crippen LogP contribution is 2.20. The van der Waals surface area contributed by atoms with E-state index in [2.05, 4.69) is 24.5 Å². The first-order valence-corrected chi connectivity index (χ1v) is 7.54. The van der Waals surface area contributed by atoms with E-state index in [0.29, 0.717) is 0 Å². The quantitative estimate of drug-likeness (QED) is 0.879. The van der Waals surface area contributed by atoms with Crippen molar-refractivity contribution in [2.75, 3.05) is 19.6 Å². The molecule has 1 saturated heterocycles. The molecule has 2 N–H and O–H groups in total. The lowest BCUT2D eigenvalue weighted by Gasteiger charge is -2.22. The molecule has 0 aromatic carbocycles. The average Bonchev–Trinajstić information content (AvgIpc) is 2.71. The highest BCUT2D eigenvalue weighted by Gasteiger charge is 2.14. The number of piperidine rings is 1. The van der Waals surface area contributed by atoms with Crippen LogP contribution in [0.4, 0.5) is 0 Å². The Kier molecular flexibility index (Phi) is 4.78. The molecule has 1 atom stereocenters. The zero-order chi connectivity index (χ0) is 13.0. The van der Waals surface area contributed by atoms with Gasteiger partial charge < -0.3 is 10.6 Å². The number of hydrogen-bond donors (Lipinski definition) is 2. The first-order chi connectivity index (χ1) is 8.66. The summed E-state index contributed by atoms with van der Waals surface area (Å²) in [5, 5.41) is 6.44. The molecule has 1 aliphatic rings. The van der Waals surface area contributed by atoms with Gasteiger partial charge in [0.15, 0.2) is 0 Å². The minimum Gasteiger partial charge on any atom is -0.351 e. The maximum absolute atomic E-state index is 11.9. The summed E-state index contributed by atoms with van der Waals surface area (Å²) in [6.45, 7) is 7.16. The van der Waals surface area contributed by atoms with E-state index in [0.717, 1.165) is 36.9 Å². The maximum Gasteiger partial charge on any atom is 0.261 e. The van der Waals surface area contributed by atoms with Gasteiger partial charge in [0.2, 0.25) is 0 Å². The van der Waals surface area contributed by atoms with Crippen LogP contribution >= 0.6 is 11.3 Å². The summed E-state index contributed by atoms with van der Waals surface area (Å²) in [6.07, 6.45) is 3.64. The molecule has 4 heteroatoms. The third kappa shape index (κ3) is 3.56. The molecule has 0 saturated carbocycles. The van der Waals surface area contributed by atoms with Gasteiger partial charge in [0.25, 0.3) is 5.91 Å². The van der Waals surface area contributed by atoms with Gasteiger partial charge in [-0.3, -0.25) is 4.79 Å². The molecule has 0 spiro atoms. The van der Waals surface area contributed by atoms with Crippen LogP contribution in [0.2, 0.25) is 0 Å². The van der Waals surface area contributed by atoms with Crippen LogP contribution in [0.3, 0.4) is 0 Å². The predicted molar refractivity (Wildman–Crippen MR) is 76.3 cm³/mol. The van der Waals surface area contributed by atoms with Crippen LogP contribution in [0.5, 0.6) is 0 Å². The molecule has 1 unspecified atom stereocenters. The minimum absolute atomic E-state index is 0.0833. The van der Waals surface area contributed by atoms with Crippen LogP contribution in [0.1, 0.15) is 39.4 Å². The van der Waals surface area contributed by atoms with Gasteiger partial charge in [-0.25, -0.2) is 0 Å². The summed E-state index contributed by atoms with van der Waals surface area (Å²) < 4.78 is 0. The molecule has 0 radical (unpaired) electrons. The molecular weight excluding hydrogens is 244 g/mol. The van der Waals surface area contributed by atoms with E-state index in [-0.39, 0.29) is 5.91 Å². The molecule has 0 bridgehead atoms. The summed E-state index contributed by atoms with van der Waals surface area (Å²) in [5.41, 5.74) is 1.21. The minimum atomic E-state index is 0.0833. The van der Waals surface area contributed by atoms with Crippen LogP contribution in [0, 0.1) is 19.8 Å². The van der Waals surface area contributed by atoms with Crippen LogP contribution in [0.25, 0.3) is 0 Å². The van der Waals surface area contributed by atoms with Gasteiger partial charge in [-0.05, 0) is 63.7 Å². The zero-order valence-corrected chi connectivity index (χ0v) is 12.0. The molecular formula is C14H22N2OS. The van der Waals surface area contributed by atoms with Crippen molar-refractivity contribution in [1.29, 1.82) is 0 Å². The molecule has 1 fully saturated rings. The van der Waals surface area contributed by atoms with Gasteiger partial charge in [-0.1, -0.05) is 0 Å². The third-order valence-corrected chi connectivity index (χ3v) is 4.78. The molecule has 2 heterocycles. The fourth-order valence-corrected chi connectivity index (χ4v) is 3.28. The molecule has 1 amide bonds. The monoisotopic (exact) mass is 266 g/mol. The Bertz CT molecular complexity index is 388. The van der Waals surface area contributed by atoms with Crippen molar-refractivity contribution >= 4 is 17.2 Å². The second-order valence-corrected chi connectivity index (χ2v) is 6.36. The molecule has 0 aliphatic carbocycles. The second-order valence-electron chi connectivity index (χ2n) is 5.11. The van der Waals surface area contributed by atoms with Crippen molar-refractivity contribution in [1.82, 2.24) is 10.6 Å². The normalized spacial score (nSPS) is 19.8. The molecule has 100 valence electrons. The van der Waals surface area contributed by atoms with Crippen LogP contribution in [0.15, 0.2) is 6.07 Å². The van der Waals surface area contributed by atoms with Crippen molar-refractivity contribution in [2.45, 2.75) is 33.1 Å². The van der Waals surface area contributed by atoms with Crippen molar-refractivity contribution in [3.05, 3.63) is 21.4 Å². The summed E-state index contributed by atoms with van der Waals surface area (Å²) in [6, 6.07) is 1.98. The smallest absolute Gasteiger partial charge is 0.261 e. The SMILES string of the molecule is Cc1cc(C(=O)NCCC2CCCNC2)sc1C. The standard InChI is InChI=1S/C14H22N2OS/c1-10-8-13(18-11(10)2)14(17)16-7-5-12-4-3-6-15-9-12/h8,12,15H,3-7,9H2,1-2H3,(H,16,17). The Morgan fingerprint density at radius 2 is 2.39 bits per heavy atom. The lowest BCUT2D eigenvalue weighted by molar-refractivity contribution is 0.0954. The van der Waals surface area contributed by atoms with Gasteiger partial charge in [0.1, 0.15) is 0 Å². The number of nitrogens with one attached hydrogen (secondary N) is 2. The first kappa shape index (κ1) is 13.6. The lowest BCUT2D eigenvalue weighted by Crippen LogP contribution is -2.33. The Balaban J connectivity index is 1.74. The van der Waals surface area contributed by atoms with Gasteiger partial charge in [-0.15, -0.1) is 11.3 Å². The number of thiophene rings is 1. The summed E-state index contributed by atoms with van der Waals surface area (Å²) >= 11 is 1.58. The van der Waals surface area contributed by atoms with Gasteiger partial charge in [0.05, 0.1) is 4.88 Å². The van der Waals surface area contributed by atoms with E-state index < -0.39 is 0 Å². The highest BCUT2D eigenvalue weighted by molar-refractivity contribution is 7.14. The van der Waals surface area contributed by atoms with Crippen LogP contribution in [-0.2, 0) is 0 Å². The van der Waals surface area contributed by atoms with Gasteiger partial charge >= 0.3 is 0 Å². The number of rotatable bonds is 4. The van der Waals surface area contributed by atoms with Crippen LogP contribution < -0.4 is 10.6 Å². The van der Waals surface area contributed by atoms with E-state index in [1.807, 2.05) is 6.07 Å². The van der Waals surface area contributed by atoms with Crippen LogP contribution in [-0.4, -0.2) is 25.5 Å². The van der Waals surface area contributed by atoms with E-state index in [9.17, 15) is 4.79 Å². The fourth-order valence-electron chi connectivity index (χ4n) is 2.33. The number of carbonyl (C=O) groups is 1. The molecule has 1 aromatic rings. The molecule has 2 rings (SSSR count). The first-order valence-electron chi connectivity index (χ1n) is 6.73. The number of aryl methyl sites for hydroxylation is 2. The Hall–Kier alpha value is -0.870. The lowest BCUT2D eigenvalue weighted by atomic mass is 9.96. The van der Waals surface area contributed by atoms with Gasteiger partial charge in [-0.2, -0.15) is 0 Å². The maximum atomic E-state index is 11.9. The van der Waals surface area contributed by atoms with Crippen molar-refractivity contribution in [3.63, 3.8) is 0 Å². The molecule has 3 nitrogen and oxygen atoms in total. The molecule has 1 aliphatic heterocycles. The Labute approximate surface area is 113 Å². The molecule has 18 heavy (non-hydrogen) atoms. The summed E-state index contributed by atoms with van der Waals surface area (Å²) in [5.74, 6) is 0.811. The molecule has 1 aromatic heterocycles. The topological polar surface area (TPSA) is 41.1 Å². The summed E-state index contributed by atoms with van der Waals surface area (Å²) in [4.78, 5) is 14.0. The zero-order valence-electron chi connectivity index (χ0n) is 11.2.